The molecule has 0 radical (unpaired) electrons. The van der Waals surface area contributed by atoms with Gasteiger partial charge in [0, 0.05) is 0 Å². The highest BCUT2D eigenvalue weighted by molar-refractivity contribution is 5.65. The van der Waals surface area contributed by atoms with Crippen LogP contribution >= 0.6 is 0 Å². The summed E-state index contributed by atoms with van der Waals surface area (Å²) >= 11 is 0. The first-order valence-corrected chi connectivity index (χ1v) is 7.34. The van der Waals surface area contributed by atoms with Crippen LogP contribution in [0.5, 0.6) is 0 Å². The summed E-state index contributed by atoms with van der Waals surface area (Å²) in [6.07, 6.45) is 8.17. The van der Waals surface area contributed by atoms with Gasteiger partial charge in [-0.25, -0.2) is 0 Å². The van der Waals surface area contributed by atoms with Crippen molar-refractivity contribution in [3.05, 3.63) is 77.9 Å². The predicted octanol–water partition coefficient (Wildman–Crippen LogP) is 5.48. The Kier molecular flexibility index (Phi) is 5.99. The van der Waals surface area contributed by atoms with Crippen molar-refractivity contribution in [3.8, 4) is 11.1 Å². The van der Waals surface area contributed by atoms with Crippen LogP contribution in [-0.4, -0.2) is 6.61 Å². The van der Waals surface area contributed by atoms with Crippen LogP contribution in [0.25, 0.3) is 17.2 Å². The quantitative estimate of drug-likeness (QED) is 0.502. The fraction of sp³-hybridized carbons (Fsp3) is 0.200. The Labute approximate surface area is 127 Å². The zero-order chi connectivity index (χ0) is 14.9. The Hall–Kier alpha value is -2.12. The summed E-state index contributed by atoms with van der Waals surface area (Å²) in [6, 6.07) is 17.2. The third-order valence-corrected chi connectivity index (χ3v) is 3.28. The molecular formula is C20H22O. The lowest BCUT2D eigenvalue weighted by Gasteiger charge is -2.05. The monoisotopic (exact) mass is 278 g/mol. The second-order valence-electron chi connectivity index (χ2n) is 4.90. The van der Waals surface area contributed by atoms with Crippen LogP contribution in [0.1, 0.15) is 25.0 Å². The number of benzene rings is 2. The second kappa shape index (κ2) is 8.23. The summed E-state index contributed by atoms with van der Waals surface area (Å²) < 4.78 is 5.55. The van der Waals surface area contributed by atoms with Crippen LogP contribution in [0.3, 0.4) is 0 Å². The number of hydrogen-bond donors (Lipinski definition) is 0. The highest BCUT2D eigenvalue weighted by Gasteiger charge is 1.98. The zero-order valence-corrected chi connectivity index (χ0v) is 12.8. The van der Waals surface area contributed by atoms with Gasteiger partial charge in [0.25, 0.3) is 0 Å². The minimum absolute atomic E-state index is 0.658. The Balaban J connectivity index is 2.01. The largest absolute Gasteiger partial charge is 0.373 e. The van der Waals surface area contributed by atoms with Crippen LogP contribution in [0.2, 0.25) is 0 Å². The first-order chi connectivity index (χ1) is 10.3. The van der Waals surface area contributed by atoms with E-state index in [9.17, 15) is 0 Å². The van der Waals surface area contributed by atoms with Crippen LogP contribution in [0, 0.1) is 0 Å². The summed E-state index contributed by atoms with van der Waals surface area (Å²) in [7, 11) is 0. The Bertz CT molecular complexity index is 589. The highest BCUT2D eigenvalue weighted by Crippen LogP contribution is 2.21. The highest BCUT2D eigenvalue weighted by atomic mass is 16.5. The molecule has 0 atom stereocenters. The molecule has 0 amide bonds. The molecule has 0 saturated carbocycles. The molecular weight excluding hydrogens is 256 g/mol. The van der Waals surface area contributed by atoms with Crippen molar-refractivity contribution in [2.24, 2.45) is 0 Å². The maximum Gasteiger partial charge on any atom is 0.0721 e. The molecule has 0 aliphatic rings. The third kappa shape index (κ3) is 4.73. The molecule has 0 aromatic heterocycles. The van der Waals surface area contributed by atoms with Crippen LogP contribution in [-0.2, 0) is 11.3 Å². The fourth-order valence-electron chi connectivity index (χ4n) is 2.11. The summed E-state index contributed by atoms with van der Waals surface area (Å²) in [5, 5.41) is 0. The lowest BCUT2D eigenvalue weighted by Crippen LogP contribution is -1.92. The van der Waals surface area contributed by atoms with Gasteiger partial charge < -0.3 is 4.74 Å². The van der Waals surface area contributed by atoms with Gasteiger partial charge in [-0.05, 0) is 36.1 Å². The lowest BCUT2D eigenvalue weighted by molar-refractivity contribution is 0.148. The SMILES string of the molecule is C/C=C\c1ccc(-c2ccc(COC/C=C/C)cc2)cc1. The van der Waals surface area contributed by atoms with Gasteiger partial charge in [0.2, 0.25) is 0 Å². The Morgan fingerprint density at radius 1 is 0.810 bits per heavy atom. The van der Waals surface area contributed by atoms with Crippen LogP contribution < -0.4 is 0 Å². The van der Waals surface area contributed by atoms with Gasteiger partial charge >= 0.3 is 0 Å². The lowest BCUT2D eigenvalue weighted by atomic mass is 10.0. The van der Waals surface area contributed by atoms with Crippen molar-refractivity contribution < 1.29 is 4.74 Å². The van der Waals surface area contributed by atoms with E-state index in [2.05, 4.69) is 60.7 Å². The van der Waals surface area contributed by atoms with Crippen molar-refractivity contribution in [2.45, 2.75) is 20.5 Å². The topological polar surface area (TPSA) is 9.23 Å². The molecule has 0 saturated heterocycles. The van der Waals surface area contributed by atoms with Gasteiger partial charge in [0.15, 0.2) is 0 Å². The Morgan fingerprint density at radius 2 is 1.43 bits per heavy atom. The first-order valence-electron chi connectivity index (χ1n) is 7.34. The zero-order valence-electron chi connectivity index (χ0n) is 12.8. The fourth-order valence-corrected chi connectivity index (χ4v) is 2.11. The molecule has 2 aromatic rings. The molecule has 1 nitrogen and oxygen atoms in total. The molecule has 0 aliphatic carbocycles. The summed E-state index contributed by atoms with van der Waals surface area (Å²) in [6.45, 7) is 5.36. The van der Waals surface area contributed by atoms with Crippen molar-refractivity contribution >= 4 is 6.08 Å². The molecule has 2 aromatic carbocycles. The number of ether oxygens (including phenoxy) is 1. The summed E-state index contributed by atoms with van der Waals surface area (Å²) in [4.78, 5) is 0. The molecule has 0 aliphatic heterocycles. The first kappa shape index (κ1) is 15.3. The molecule has 0 fully saturated rings. The predicted molar refractivity (Wildman–Crippen MR) is 91.1 cm³/mol. The van der Waals surface area contributed by atoms with E-state index in [1.165, 1.54) is 22.3 Å². The van der Waals surface area contributed by atoms with E-state index in [-0.39, 0.29) is 0 Å². The molecule has 0 N–H and O–H groups in total. The molecule has 0 unspecified atom stereocenters. The van der Waals surface area contributed by atoms with Crippen LogP contribution in [0.15, 0.2) is 66.8 Å². The van der Waals surface area contributed by atoms with E-state index < -0.39 is 0 Å². The molecule has 0 heterocycles. The van der Waals surface area contributed by atoms with Gasteiger partial charge in [0.1, 0.15) is 0 Å². The molecule has 2 rings (SSSR count). The van der Waals surface area contributed by atoms with Gasteiger partial charge in [0.05, 0.1) is 13.2 Å². The normalized spacial score (nSPS) is 11.5. The molecule has 0 bridgehead atoms. The van der Waals surface area contributed by atoms with Crippen LogP contribution in [0.4, 0.5) is 0 Å². The summed E-state index contributed by atoms with van der Waals surface area (Å²) in [5.41, 5.74) is 4.91. The minimum Gasteiger partial charge on any atom is -0.373 e. The average Bonchev–Trinajstić information content (AvgIpc) is 2.53. The number of rotatable bonds is 6. The van der Waals surface area contributed by atoms with E-state index in [1.807, 2.05) is 26.0 Å². The number of hydrogen-bond acceptors (Lipinski definition) is 1. The smallest absolute Gasteiger partial charge is 0.0721 e. The third-order valence-electron chi connectivity index (χ3n) is 3.28. The van der Waals surface area contributed by atoms with E-state index in [1.54, 1.807) is 0 Å². The summed E-state index contributed by atoms with van der Waals surface area (Å²) in [5.74, 6) is 0. The Morgan fingerprint density at radius 3 is 2.00 bits per heavy atom. The van der Waals surface area contributed by atoms with Gasteiger partial charge in [-0.3, -0.25) is 0 Å². The molecule has 21 heavy (non-hydrogen) atoms. The van der Waals surface area contributed by atoms with Gasteiger partial charge in [-0.2, -0.15) is 0 Å². The molecule has 0 spiro atoms. The van der Waals surface area contributed by atoms with E-state index in [0.717, 1.165) is 0 Å². The van der Waals surface area contributed by atoms with Crippen molar-refractivity contribution in [3.63, 3.8) is 0 Å². The average molecular weight is 278 g/mol. The van der Waals surface area contributed by atoms with Gasteiger partial charge in [-0.15, -0.1) is 0 Å². The van der Waals surface area contributed by atoms with Crippen molar-refractivity contribution in [1.29, 1.82) is 0 Å². The maximum absolute atomic E-state index is 5.55. The molecule has 108 valence electrons. The van der Waals surface area contributed by atoms with Crippen molar-refractivity contribution in [1.82, 2.24) is 0 Å². The standard InChI is InChI=1S/C20H22O/c1-3-5-15-21-16-18-9-13-20(14-10-18)19-11-7-17(6-4-2)8-12-19/h3-14H,15-16H2,1-2H3/b5-3+,6-4-. The maximum atomic E-state index is 5.55. The van der Waals surface area contributed by atoms with E-state index in [0.29, 0.717) is 13.2 Å². The molecule has 1 heteroatoms. The van der Waals surface area contributed by atoms with Gasteiger partial charge in [-0.1, -0.05) is 72.8 Å². The van der Waals surface area contributed by atoms with Crippen molar-refractivity contribution in [2.75, 3.05) is 6.61 Å². The number of allylic oxidation sites excluding steroid dienone is 2. The van der Waals surface area contributed by atoms with E-state index in [4.69, 9.17) is 4.74 Å². The van der Waals surface area contributed by atoms with E-state index >= 15 is 0 Å². The second-order valence-corrected chi connectivity index (χ2v) is 4.90. The minimum atomic E-state index is 0.658.